The van der Waals surface area contributed by atoms with Crippen molar-refractivity contribution >= 4 is 33.7 Å². The number of rotatable bonds is 6. The van der Waals surface area contributed by atoms with Crippen molar-refractivity contribution in [2.45, 2.75) is 44.3 Å². The lowest BCUT2D eigenvalue weighted by atomic mass is 10.1. The van der Waals surface area contributed by atoms with E-state index < -0.39 is 0 Å². The summed E-state index contributed by atoms with van der Waals surface area (Å²) in [4.78, 5) is 25.8. The number of nitrogen functional groups attached to an aromatic ring is 1. The second-order valence-electron chi connectivity index (χ2n) is 12.4. The smallest absolute Gasteiger partial charge is 0.254 e. The number of anilines is 1. The Labute approximate surface area is 248 Å². The van der Waals surface area contributed by atoms with Gasteiger partial charge in [-0.25, -0.2) is 9.97 Å². The van der Waals surface area contributed by atoms with E-state index in [2.05, 4.69) is 21.3 Å². The number of nitrogens with two attached hydrogens (primary N) is 2. The molecule has 1 saturated heterocycles. The number of fused-ring (bicyclic) bond motifs is 4. The number of aryl methyl sites for hydroxylation is 1. The van der Waals surface area contributed by atoms with Crippen LogP contribution in [0.2, 0.25) is 0 Å². The van der Waals surface area contributed by atoms with Crippen molar-refractivity contribution < 1.29 is 14.6 Å². The number of aromatic hydroxyl groups is 1. The third kappa shape index (κ3) is 4.07. The van der Waals surface area contributed by atoms with Crippen LogP contribution in [0.3, 0.4) is 0 Å². The van der Waals surface area contributed by atoms with Crippen LogP contribution < -0.4 is 16.2 Å². The summed E-state index contributed by atoms with van der Waals surface area (Å²) in [7, 11) is 3.62. The number of nitrogens with zero attached hydrogens (tertiary/aromatic N) is 5. The van der Waals surface area contributed by atoms with Gasteiger partial charge in [-0.3, -0.25) is 4.79 Å². The fourth-order valence-corrected chi connectivity index (χ4v) is 7.20. The normalized spacial score (nSPS) is 21.4. The minimum Gasteiger partial charge on any atom is -0.506 e. The van der Waals surface area contributed by atoms with Crippen LogP contribution in [0, 0.1) is 11.8 Å². The predicted molar refractivity (Wildman–Crippen MR) is 166 cm³/mol. The molecule has 3 aromatic heterocycles. The van der Waals surface area contributed by atoms with Crippen molar-refractivity contribution in [3.63, 3.8) is 0 Å². The van der Waals surface area contributed by atoms with Crippen LogP contribution in [0.1, 0.15) is 36.0 Å². The van der Waals surface area contributed by atoms with Crippen molar-refractivity contribution in [3.05, 3.63) is 54.1 Å². The van der Waals surface area contributed by atoms with E-state index in [1.807, 2.05) is 36.2 Å². The van der Waals surface area contributed by atoms with Crippen molar-refractivity contribution in [2.75, 3.05) is 19.4 Å². The maximum atomic E-state index is 13.7. The average molecular weight is 578 g/mol. The van der Waals surface area contributed by atoms with E-state index >= 15 is 0 Å². The first-order valence-electron chi connectivity index (χ1n) is 15.0. The van der Waals surface area contributed by atoms with E-state index in [-0.39, 0.29) is 23.7 Å². The lowest BCUT2D eigenvalue weighted by Crippen LogP contribution is -2.41. The Morgan fingerprint density at radius 1 is 1.07 bits per heavy atom. The Morgan fingerprint density at radius 3 is 2.60 bits per heavy atom. The highest BCUT2D eigenvalue weighted by atomic mass is 16.5. The van der Waals surface area contributed by atoms with Crippen molar-refractivity contribution in [2.24, 2.45) is 24.6 Å². The molecule has 10 nitrogen and oxygen atoms in total. The summed E-state index contributed by atoms with van der Waals surface area (Å²) >= 11 is 0. The van der Waals surface area contributed by atoms with Gasteiger partial charge in [0.2, 0.25) is 0 Å². The fourth-order valence-electron chi connectivity index (χ4n) is 7.20. The number of ether oxygens (including phenoxy) is 1. The van der Waals surface area contributed by atoms with Gasteiger partial charge in [0.15, 0.2) is 5.82 Å². The maximum absolute atomic E-state index is 13.7. The molecule has 3 atom stereocenters. The molecule has 2 aromatic carbocycles. The summed E-state index contributed by atoms with van der Waals surface area (Å²) in [6, 6.07) is 15.3. The van der Waals surface area contributed by atoms with Crippen LogP contribution in [-0.2, 0) is 13.6 Å². The Balaban J connectivity index is 1.24. The summed E-state index contributed by atoms with van der Waals surface area (Å²) in [5.41, 5.74) is 18.3. The monoisotopic (exact) mass is 577 g/mol. The zero-order valence-corrected chi connectivity index (χ0v) is 24.3. The minimum atomic E-state index is -0.00973. The zero-order valence-electron chi connectivity index (χ0n) is 24.3. The van der Waals surface area contributed by atoms with Gasteiger partial charge in [-0.15, -0.1) is 0 Å². The molecule has 3 fully saturated rings. The molecule has 1 amide bonds. The minimum absolute atomic E-state index is 0.00973. The number of carbonyl (C=O) groups excluding carboxylic acids is 1. The molecule has 0 radical (unpaired) electrons. The molecule has 0 spiro atoms. The third-order valence-corrected chi connectivity index (χ3v) is 9.75. The molecule has 10 heteroatoms. The van der Waals surface area contributed by atoms with Crippen LogP contribution in [0.25, 0.3) is 44.8 Å². The lowest BCUT2D eigenvalue weighted by Gasteiger charge is -2.27. The maximum Gasteiger partial charge on any atom is 0.254 e. The molecule has 220 valence electrons. The van der Waals surface area contributed by atoms with Gasteiger partial charge in [0.05, 0.1) is 29.7 Å². The van der Waals surface area contributed by atoms with E-state index in [9.17, 15) is 9.90 Å². The number of likely N-dealkylation sites (tertiary alicyclic amines) is 1. The molecule has 5 aromatic rings. The van der Waals surface area contributed by atoms with E-state index in [4.69, 9.17) is 26.2 Å². The van der Waals surface area contributed by atoms with Gasteiger partial charge in [0, 0.05) is 48.7 Å². The van der Waals surface area contributed by atoms with Crippen molar-refractivity contribution in [3.8, 4) is 34.3 Å². The molecule has 2 saturated carbocycles. The molecular formula is C33H35N7O3. The Morgan fingerprint density at radius 2 is 1.91 bits per heavy atom. The van der Waals surface area contributed by atoms with Crippen LogP contribution in [-0.4, -0.2) is 60.8 Å². The third-order valence-electron chi connectivity index (χ3n) is 9.75. The number of imidazole rings is 1. The van der Waals surface area contributed by atoms with E-state index in [0.29, 0.717) is 40.9 Å². The first-order valence-corrected chi connectivity index (χ1v) is 15.0. The first kappa shape index (κ1) is 26.1. The number of hydrogen-bond donors (Lipinski definition) is 3. The number of benzene rings is 2. The van der Waals surface area contributed by atoms with E-state index in [1.54, 1.807) is 19.2 Å². The average Bonchev–Trinajstić information content (AvgIpc) is 3.42. The molecule has 43 heavy (non-hydrogen) atoms. The lowest BCUT2D eigenvalue weighted by molar-refractivity contribution is 0.0700. The molecule has 2 aliphatic carbocycles. The molecule has 0 unspecified atom stereocenters. The highest BCUT2D eigenvalue weighted by Crippen LogP contribution is 2.40. The Hall–Kier alpha value is -4.57. The number of phenols is 1. The quantitative estimate of drug-likeness (QED) is 0.199. The number of amides is 1. The summed E-state index contributed by atoms with van der Waals surface area (Å²) in [5.74, 6) is 2.43. The second-order valence-corrected chi connectivity index (χ2v) is 12.4. The molecule has 2 bridgehead atoms. The Bertz CT molecular complexity index is 1940. The highest BCUT2D eigenvalue weighted by molar-refractivity contribution is 6.00. The van der Waals surface area contributed by atoms with Gasteiger partial charge in [-0.1, -0.05) is 0 Å². The van der Waals surface area contributed by atoms with Crippen LogP contribution >= 0.6 is 0 Å². The van der Waals surface area contributed by atoms with Gasteiger partial charge in [0.1, 0.15) is 22.7 Å². The molecule has 4 heterocycles. The summed E-state index contributed by atoms with van der Waals surface area (Å²) in [5, 5.41) is 10.9. The summed E-state index contributed by atoms with van der Waals surface area (Å²) < 4.78 is 10.2. The zero-order chi connectivity index (χ0) is 29.6. The highest BCUT2D eigenvalue weighted by Gasteiger charge is 2.47. The molecule has 5 N–H and O–H groups in total. The molecule has 8 rings (SSSR count). The van der Waals surface area contributed by atoms with Crippen LogP contribution in [0.4, 0.5) is 5.69 Å². The fraction of sp³-hybridized carbons (Fsp3) is 0.364. The molecule has 1 aliphatic heterocycles. The van der Waals surface area contributed by atoms with Gasteiger partial charge in [-0.05, 0) is 86.1 Å². The topological polar surface area (TPSA) is 137 Å². The second kappa shape index (κ2) is 9.47. The molecule has 3 aliphatic rings. The van der Waals surface area contributed by atoms with E-state index in [0.717, 1.165) is 58.7 Å². The van der Waals surface area contributed by atoms with Gasteiger partial charge < -0.3 is 35.3 Å². The molecular weight excluding hydrogens is 542 g/mol. The summed E-state index contributed by atoms with van der Waals surface area (Å²) in [6.07, 6.45) is 4.44. The SMILES string of the molecule is COc1cc(C(=O)N2C[C@H]3CC[C@@H]2[C@@H]3N)cc2nc(-c3cc4ccc(-c5ccc(O)c(N)c5)nc4n3CC3CC3)n(C)c12. The predicted octanol–water partition coefficient (Wildman–Crippen LogP) is 4.53. The van der Waals surface area contributed by atoms with E-state index in [1.165, 1.54) is 12.8 Å². The summed E-state index contributed by atoms with van der Waals surface area (Å²) in [6.45, 7) is 1.56. The number of piperidine rings is 1. The number of pyridine rings is 1. The van der Waals surface area contributed by atoms with Crippen LogP contribution in [0.5, 0.6) is 11.5 Å². The van der Waals surface area contributed by atoms with Crippen molar-refractivity contribution in [1.29, 1.82) is 0 Å². The van der Waals surface area contributed by atoms with Gasteiger partial charge in [0.25, 0.3) is 5.91 Å². The largest absolute Gasteiger partial charge is 0.506 e. The standard InChI is InChI=1S/C33H35N7O3/c1-38-30-24(12-21(14-28(30)43-2)33(42)40-16-20-6-9-25(40)29(20)35)37-32(38)26-13-19-5-8-23(18-7-10-27(41)22(34)11-18)36-31(19)39(26)15-17-3-4-17/h5,7-8,10-14,17,20,25,29,41H,3-4,6,9,15-16,34-35H2,1-2H3/t20-,25-,29-/m1/s1. The number of methoxy groups -OCH3 is 1. The first-order chi connectivity index (χ1) is 20.8. The van der Waals surface area contributed by atoms with Crippen molar-refractivity contribution in [1.82, 2.24) is 24.0 Å². The van der Waals surface area contributed by atoms with Gasteiger partial charge >= 0.3 is 0 Å². The number of hydrogen-bond acceptors (Lipinski definition) is 7. The van der Waals surface area contributed by atoms with Crippen LogP contribution in [0.15, 0.2) is 48.5 Å². The number of carbonyl (C=O) groups is 1. The Kier molecular flexibility index (Phi) is 5.74. The number of aromatic nitrogens is 4. The van der Waals surface area contributed by atoms with Gasteiger partial charge in [-0.2, -0.15) is 0 Å². The number of phenolic OH excluding ortho intramolecular Hbond substituents is 1.